The third-order valence-corrected chi connectivity index (χ3v) is 3.85. The zero-order chi connectivity index (χ0) is 16.4. The van der Waals surface area contributed by atoms with E-state index in [0.29, 0.717) is 5.56 Å². The van der Waals surface area contributed by atoms with Gasteiger partial charge in [0.2, 0.25) is 0 Å². The van der Waals surface area contributed by atoms with E-state index in [2.05, 4.69) is 15.9 Å². The maximum Gasteiger partial charge on any atom is 0.289 e. The van der Waals surface area contributed by atoms with E-state index < -0.39 is 23.4 Å². The maximum atomic E-state index is 13.2. The number of rotatable bonds is 4. The first-order chi connectivity index (χ1) is 10.3. The van der Waals surface area contributed by atoms with E-state index in [0.717, 1.165) is 5.06 Å². The Morgan fingerprint density at radius 3 is 2.73 bits per heavy atom. The molecule has 118 valence electrons. The molecule has 22 heavy (non-hydrogen) atoms. The molecule has 2 amide bonds. The molecule has 1 aliphatic heterocycles. The molecule has 1 heterocycles. The van der Waals surface area contributed by atoms with Crippen LogP contribution < -0.4 is 0 Å². The summed E-state index contributed by atoms with van der Waals surface area (Å²) in [5, 5.41) is 10.7. The fourth-order valence-electron chi connectivity index (χ4n) is 2.04. The number of hydrogen-bond donors (Lipinski definition) is 1. The van der Waals surface area contributed by atoms with E-state index in [4.69, 9.17) is 4.84 Å². The van der Waals surface area contributed by atoms with Gasteiger partial charge in [-0.05, 0) is 33.6 Å². The van der Waals surface area contributed by atoms with Gasteiger partial charge >= 0.3 is 0 Å². The molecule has 0 aliphatic carbocycles. The lowest BCUT2D eigenvalue weighted by Gasteiger charge is -2.20. The Labute approximate surface area is 134 Å². The van der Waals surface area contributed by atoms with E-state index in [1.54, 1.807) is 0 Å². The second-order valence-corrected chi connectivity index (χ2v) is 5.62. The lowest BCUT2D eigenvalue weighted by atomic mass is 10.2. The summed E-state index contributed by atoms with van der Waals surface area (Å²) in [4.78, 5) is 30.1. The number of likely N-dealkylation sites (N-methyl/N-ethyl adjacent to an activating group) is 1. The molecular formula is C14H14BrFN2O4. The highest BCUT2D eigenvalue weighted by Crippen LogP contribution is 2.21. The lowest BCUT2D eigenvalue weighted by molar-refractivity contribution is -0.174. The largest absolute Gasteiger partial charge is 0.503 e. The zero-order valence-corrected chi connectivity index (χ0v) is 13.6. The molecule has 2 rings (SSSR count). The van der Waals surface area contributed by atoms with E-state index >= 15 is 0 Å². The minimum atomic E-state index is -0.613. The van der Waals surface area contributed by atoms with Crippen molar-refractivity contribution in [2.45, 2.75) is 6.54 Å². The predicted molar refractivity (Wildman–Crippen MR) is 79.0 cm³/mol. The predicted octanol–water partition coefficient (Wildman–Crippen LogP) is 1.76. The first-order valence-corrected chi connectivity index (χ1v) is 7.12. The fraction of sp³-hybridized carbons (Fsp3) is 0.286. The van der Waals surface area contributed by atoms with Gasteiger partial charge in [-0.2, -0.15) is 0 Å². The van der Waals surface area contributed by atoms with Gasteiger partial charge in [-0.1, -0.05) is 6.07 Å². The smallest absolute Gasteiger partial charge is 0.289 e. The van der Waals surface area contributed by atoms with Crippen molar-refractivity contribution in [3.8, 4) is 0 Å². The highest BCUT2D eigenvalue weighted by molar-refractivity contribution is 9.10. The van der Waals surface area contributed by atoms with Crippen molar-refractivity contribution in [1.82, 2.24) is 9.96 Å². The molecule has 0 saturated carbocycles. The van der Waals surface area contributed by atoms with Crippen LogP contribution in [0.3, 0.4) is 0 Å². The van der Waals surface area contributed by atoms with Crippen LogP contribution in [0.1, 0.15) is 5.56 Å². The van der Waals surface area contributed by atoms with E-state index in [1.165, 1.54) is 37.3 Å². The molecule has 0 radical (unpaired) electrons. The number of nitrogens with zero attached hydrogens (tertiary/aromatic N) is 2. The monoisotopic (exact) mass is 372 g/mol. The Balaban J connectivity index is 2.20. The quantitative estimate of drug-likeness (QED) is 0.817. The Kier molecular flexibility index (Phi) is 4.82. The van der Waals surface area contributed by atoms with Crippen molar-refractivity contribution in [3.05, 3.63) is 45.4 Å². The summed E-state index contributed by atoms with van der Waals surface area (Å²) in [7, 11) is 2.78. The van der Waals surface area contributed by atoms with Crippen LogP contribution in [0, 0.1) is 5.82 Å². The van der Waals surface area contributed by atoms with Crippen molar-refractivity contribution in [1.29, 1.82) is 0 Å². The first-order valence-electron chi connectivity index (χ1n) is 6.32. The molecule has 0 unspecified atom stereocenters. The van der Waals surface area contributed by atoms with Crippen LogP contribution >= 0.6 is 15.9 Å². The van der Waals surface area contributed by atoms with Crippen LogP contribution in [-0.2, 0) is 21.0 Å². The Morgan fingerprint density at radius 2 is 2.23 bits per heavy atom. The van der Waals surface area contributed by atoms with E-state index in [1.807, 2.05) is 0 Å². The molecule has 0 fully saturated rings. The number of hydroxylamine groups is 2. The summed E-state index contributed by atoms with van der Waals surface area (Å²) in [5.41, 5.74) is 0.594. The number of hydrogen-bond acceptors (Lipinski definition) is 4. The van der Waals surface area contributed by atoms with Crippen molar-refractivity contribution in [2.24, 2.45) is 0 Å². The second-order valence-electron chi connectivity index (χ2n) is 4.76. The first kappa shape index (κ1) is 16.4. The van der Waals surface area contributed by atoms with Gasteiger partial charge in [-0.3, -0.25) is 14.4 Å². The SMILES string of the molecule is CON(Cc1ccc(F)c(Br)c1)C(=O)C1=C(O)C(=O)N(C)C1. The number of halogens is 2. The van der Waals surface area contributed by atoms with Gasteiger partial charge in [0.25, 0.3) is 11.8 Å². The average Bonchev–Trinajstić information content (AvgIpc) is 2.75. The molecule has 1 aromatic rings. The summed E-state index contributed by atoms with van der Waals surface area (Å²) in [6.07, 6.45) is 0. The van der Waals surface area contributed by atoms with Gasteiger partial charge in [-0.25, -0.2) is 9.45 Å². The number of benzene rings is 1. The summed E-state index contributed by atoms with van der Waals surface area (Å²) < 4.78 is 13.5. The number of amides is 2. The van der Waals surface area contributed by atoms with Gasteiger partial charge in [0.15, 0.2) is 5.76 Å². The minimum Gasteiger partial charge on any atom is -0.503 e. The van der Waals surface area contributed by atoms with Crippen LogP contribution in [0.5, 0.6) is 0 Å². The standard InChI is InChI=1S/C14H14BrFN2O4/c1-17-7-9(12(19)14(17)21)13(20)18(22-2)6-8-3-4-11(16)10(15)5-8/h3-5,19H,6-7H2,1-2H3. The van der Waals surface area contributed by atoms with Crippen molar-refractivity contribution < 1.29 is 23.9 Å². The molecular weight excluding hydrogens is 359 g/mol. The minimum absolute atomic E-state index is 0.0104. The normalized spacial score (nSPS) is 14.7. The molecule has 6 nitrogen and oxygen atoms in total. The van der Waals surface area contributed by atoms with Crippen LogP contribution in [0.25, 0.3) is 0 Å². The van der Waals surface area contributed by atoms with Crippen LogP contribution in [0.4, 0.5) is 4.39 Å². The number of aliphatic hydroxyl groups excluding tert-OH is 1. The van der Waals surface area contributed by atoms with Crippen molar-refractivity contribution >= 4 is 27.7 Å². The van der Waals surface area contributed by atoms with Crippen LogP contribution in [0.2, 0.25) is 0 Å². The Morgan fingerprint density at radius 1 is 1.55 bits per heavy atom. The molecule has 8 heteroatoms. The summed E-state index contributed by atoms with van der Waals surface area (Å²) in [5.74, 6) is -2.21. The molecule has 1 aromatic carbocycles. The van der Waals surface area contributed by atoms with Crippen molar-refractivity contribution in [3.63, 3.8) is 0 Å². The third-order valence-electron chi connectivity index (χ3n) is 3.25. The number of aliphatic hydroxyl groups is 1. The molecule has 0 atom stereocenters. The molecule has 0 spiro atoms. The molecule has 0 aromatic heterocycles. The Bertz CT molecular complexity index is 662. The van der Waals surface area contributed by atoms with Crippen LogP contribution in [0.15, 0.2) is 34.0 Å². The lowest BCUT2D eigenvalue weighted by Crippen LogP contribution is -2.32. The average molecular weight is 373 g/mol. The van der Waals surface area contributed by atoms with E-state index in [-0.39, 0.29) is 23.1 Å². The third kappa shape index (κ3) is 3.12. The van der Waals surface area contributed by atoms with Crippen molar-refractivity contribution in [2.75, 3.05) is 20.7 Å². The second kappa shape index (κ2) is 6.45. The zero-order valence-electron chi connectivity index (χ0n) is 12.0. The van der Waals surface area contributed by atoms with E-state index in [9.17, 15) is 19.1 Å². The maximum absolute atomic E-state index is 13.2. The highest BCUT2D eigenvalue weighted by Gasteiger charge is 2.34. The molecule has 1 aliphatic rings. The van der Waals surface area contributed by atoms with Gasteiger partial charge in [0.1, 0.15) is 5.82 Å². The summed E-state index contributed by atoms with van der Waals surface area (Å²) in [6.45, 7) is 0.0549. The Hall–Kier alpha value is -1.93. The summed E-state index contributed by atoms with van der Waals surface area (Å²) >= 11 is 3.07. The molecule has 0 saturated heterocycles. The molecule has 1 N–H and O–H groups in total. The van der Waals surface area contributed by atoms with Gasteiger partial charge in [0, 0.05) is 7.05 Å². The highest BCUT2D eigenvalue weighted by atomic mass is 79.9. The molecule has 0 bridgehead atoms. The number of carbonyl (C=O) groups excluding carboxylic acids is 2. The summed E-state index contributed by atoms with van der Waals surface area (Å²) in [6, 6.07) is 4.30. The van der Waals surface area contributed by atoms with Gasteiger partial charge in [0.05, 0.1) is 30.2 Å². The number of carbonyl (C=O) groups is 2. The van der Waals surface area contributed by atoms with Gasteiger partial charge < -0.3 is 10.0 Å². The topological polar surface area (TPSA) is 70.1 Å². The van der Waals surface area contributed by atoms with Crippen LogP contribution in [-0.4, -0.2) is 47.6 Å². The fourth-order valence-corrected chi connectivity index (χ4v) is 2.46. The van der Waals surface area contributed by atoms with Gasteiger partial charge in [-0.15, -0.1) is 0 Å².